The number of hydrogen-bond acceptors (Lipinski definition) is 6. The maximum atomic E-state index is 11.3. The van der Waals surface area contributed by atoms with Gasteiger partial charge in [0.15, 0.2) is 11.5 Å². The van der Waals surface area contributed by atoms with E-state index in [0.717, 1.165) is 37.7 Å². The van der Waals surface area contributed by atoms with Crippen LogP contribution in [0.2, 0.25) is 0 Å². The van der Waals surface area contributed by atoms with Crippen molar-refractivity contribution < 1.29 is 9.90 Å². The number of likely N-dealkylation sites (N-methyl/N-ethyl adjacent to an activating group) is 1. The van der Waals surface area contributed by atoms with Gasteiger partial charge in [-0.3, -0.25) is 19.2 Å². The van der Waals surface area contributed by atoms with Gasteiger partial charge in [0, 0.05) is 38.6 Å². The molecule has 1 saturated heterocycles. The number of pyridine rings is 2. The number of piperazine rings is 1. The first-order valence-electron chi connectivity index (χ1n) is 8.52. The molecule has 1 unspecified atom stereocenters. The summed E-state index contributed by atoms with van der Waals surface area (Å²) in [5.74, 6) is -0.198. The highest BCUT2D eigenvalue weighted by Gasteiger charge is 2.29. The van der Waals surface area contributed by atoms with Crippen molar-refractivity contribution in [1.82, 2.24) is 29.4 Å². The second-order valence-electron chi connectivity index (χ2n) is 6.56. The van der Waals surface area contributed by atoms with Crippen molar-refractivity contribution in [3.8, 4) is 0 Å². The van der Waals surface area contributed by atoms with E-state index in [2.05, 4.69) is 32.0 Å². The highest BCUT2D eigenvalue weighted by atomic mass is 16.4. The van der Waals surface area contributed by atoms with Gasteiger partial charge in [0.1, 0.15) is 0 Å². The Hall–Kier alpha value is -2.84. The molecule has 0 saturated carbocycles. The van der Waals surface area contributed by atoms with Gasteiger partial charge in [-0.25, -0.2) is 4.79 Å². The Morgan fingerprint density at radius 1 is 1.23 bits per heavy atom. The summed E-state index contributed by atoms with van der Waals surface area (Å²) in [6.45, 7) is 3.40. The Morgan fingerprint density at radius 3 is 2.88 bits per heavy atom. The maximum Gasteiger partial charge on any atom is 0.337 e. The van der Waals surface area contributed by atoms with Gasteiger partial charge in [0.25, 0.3) is 0 Å². The average Bonchev–Trinajstić information content (AvgIpc) is 3.07. The van der Waals surface area contributed by atoms with Crippen LogP contribution in [0.25, 0.3) is 5.65 Å². The molecule has 1 N–H and O–H groups in total. The fraction of sp³-hybridized carbons (Fsp3) is 0.333. The van der Waals surface area contributed by atoms with Crippen LogP contribution in [0.5, 0.6) is 0 Å². The summed E-state index contributed by atoms with van der Waals surface area (Å²) < 4.78 is 1.79. The molecule has 0 aliphatic carbocycles. The lowest BCUT2D eigenvalue weighted by Gasteiger charge is -2.38. The topological polar surface area (TPSA) is 86.9 Å². The summed E-state index contributed by atoms with van der Waals surface area (Å²) in [6, 6.07) is 9.21. The Morgan fingerprint density at radius 2 is 2.12 bits per heavy atom. The highest BCUT2D eigenvalue weighted by Crippen LogP contribution is 2.24. The van der Waals surface area contributed by atoms with E-state index in [0.29, 0.717) is 5.65 Å². The number of carboxylic acids is 1. The fourth-order valence-electron chi connectivity index (χ4n) is 3.34. The fourth-order valence-corrected chi connectivity index (χ4v) is 3.34. The van der Waals surface area contributed by atoms with E-state index in [1.165, 1.54) is 0 Å². The lowest BCUT2D eigenvalue weighted by atomic mass is 10.1. The minimum Gasteiger partial charge on any atom is -0.478 e. The van der Waals surface area contributed by atoms with Gasteiger partial charge in [-0.1, -0.05) is 6.07 Å². The van der Waals surface area contributed by atoms with Gasteiger partial charge in [-0.15, -0.1) is 10.2 Å². The Labute approximate surface area is 150 Å². The minimum atomic E-state index is -0.958. The Kier molecular flexibility index (Phi) is 4.36. The third-order valence-corrected chi connectivity index (χ3v) is 4.82. The van der Waals surface area contributed by atoms with E-state index in [1.54, 1.807) is 22.7 Å². The van der Waals surface area contributed by atoms with Crippen molar-refractivity contribution in [2.24, 2.45) is 0 Å². The van der Waals surface area contributed by atoms with Crippen LogP contribution in [0.4, 0.5) is 0 Å². The molecular formula is C18H20N6O2. The zero-order chi connectivity index (χ0) is 18.1. The molecule has 0 amide bonds. The molecule has 0 spiro atoms. The number of aromatic carboxylic acids is 1. The van der Waals surface area contributed by atoms with Gasteiger partial charge in [-0.2, -0.15) is 0 Å². The van der Waals surface area contributed by atoms with Crippen molar-refractivity contribution in [3.05, 3.63) is 59.8 Å². The molecule has 1 aliphatic heterocycles. The SMILES string of the molecule is CN1CCN(Cc2ccccn2)CC1c1nnc2ccc(C(=O)O)cn12. The third-order valence-electron chi connectivity index (χ3n) is 4.82. The lowest BCUT2D eigenvalue weighted by molar-refractivity contribution is 0.0696. The predicted octanol–water partition coefficient (Wildman–Crippen LogP) is 1.31. The van der Waals surface area contributed by atoms with Crippen molar-refractivity contribution in [1.29, 1.82) is 0 Å². The second kappa shape index (κ2) is 6.81. The first kappa shape index (κ1) is 16.6. The van der Waals surface area contributed by atoms with Gasteiger partial charge in [-0.05, 0) is 31.3 Å². The molecular weight excluding hydrogens is 332 g/mol. The van der Waals surface area contributed by atoms with Gasteiger partial charge in [0.2, 0.25) is 0 Å². The number of nitrogens with zero attached hydrogens (tertiary/aromatic N) is 6. The molecule has 8 heteroatoms. The molecule has 26 heavy (non-hydrogen) atoms. The summed E-state index contributed by atoms with van der Waals surface area (Å²) in [7, 11) is 2.06. The number of hydrogen-bond donors (Lipinski definition) is 1. The van der Waals surface area contributed by atoms with Gasteiger partial charge >= 0.3 is 5.97 Å². The third kappa shape index (κ3) is 3.16. The molecule has 1 atom stereocenters. The smallest absolute Gasteiger partial charge is 0.337 e. The number of carbonyl (C=O) groups is 1. The predicted molar refractivity (Wildman–Crippen MR) is 94.8 cm³/mol. The van der Waals surface area contributed by atoms with Crippen LogP contribution in [0, 0.1) is 0 Å². The van der Waals surface area contributed by atoms with E-state index in [1.807, 2.05) is 24.4 Å². The zero-order valence-electron chi connectivity index (χ0n) is 14.5. The molecule has 1 fully saturated rings. The summed E-state index contributed by atoms with van der Waals surface area (Å²) in [5, 5.41) is 17.8. The molecule has 0 aromatic carbocycles. The Balaban J connectivity index is 1.62. The van der Waals surface area contributed by atoms with E-state index in [9.17, 15) is 9.90 Å². The lowest BCUT2D eigenvalue weighted by Crippen LogP contribution is -2.46. The summed E-state index contributed by atoms with van der Waals surface area (Å²) in [5.41, 5.74) is 1.91. The van der Waals surface area contributed by atoms with Crippen molar-refractivity contribution in [3.63, 3.8) is 0 Å². The summed E-state index contributed by atoms with van der Waals surface area (Å²) in [6.07, 6.45) is 3.40. The van der Waals surface area contributed by atoms with Crippen molar-refractivity contribution in [2.45, 2.75) is 12.6 Å². The van der Waals surface area contributed by atoms with Gasteiger partial charge in [0.05, 0.1) is 17.3 Å². The average molecular weight is 352 g/mol. The minimum absolute atomic E-state index is 0.0338. The van der Waals surface area contributed by atoms with E-state index in [-0.39, 0.29) is 11.6 Å². The van der Waals surface area contributed by atoms with Crippen molar-refractivity contribution in [2.75, 3.05) is 26.7 Å². The molecule has 1 aliphatic rings. The first-order valence-corrected chi connectivity index (χ1v) is 8.52. The monoisotopic (exact) mass is 352 g/mol. The van der Waals surface area contributed by atoms with E-state index >= 15 is 0 Å². The van der Waals surface area contributed by atoms with Crippen molar-refractivity contribution >= 4 is 11.6 Å². The van der Waals surface area contributed by atoms with E-state index in [4.69, 9.17) is 0 Å². The summed E-state index contributed by atoms with van der Waals surface area (Å²) >= 11 is 0. The molecule has 0 bridgehead atoms. The number of aromatic nitrogens is 4. The molecule has 8 nitrogen and oxygen atoms in total. The van der Waals surface area contributed by atoms with E-state index < -0.39 is 5.97 Å². The van der Waals surface area contributed by atoms with Crippen LogP contribution in [0.15, 0.2) is 42.7 Å². The van der Waals surface area contributed by atoms with Crippen LogP contribution in [0.1, 0.15) is 27.9 Å². The highest BCUT2D eigenvalue weighted by molar-refractivity contribution is 5.87. The normalized spacial score (nSPS) is 19.0. The number of fused-ring (bicyclic) bond motifs is 1. The van der Waals surface area contributed by atoms with Crippen LogP contribution < -0.4 is 0 Å². The Bertz CT molecular complexity index is 926. The second-order valence-corrected chi connectivity index (χ2v) is 6.56. The summed E-state index contributed by atoms with van der Waals surface area (Å²) in [4.78, 5) is 20.3. The molecule has 4 rings (SSSR count). The maximum absolute atomic E-state index is 11.3. The molecule has 3 aromatic rings. The first-order chi connectivity index (χ1) is 12.6. The van der Waals surface area contributed by atoms with Crippen LogP contribution in [-0.2, 0) is 6.54 Å². The number of rotatable bonds is 4. The number of carboxylic acid groups (broad SMARTS) is 1. The largest absolute Gasteiger partial charge is 0.478 e. The van der Waals surface area contributed by atoms with Crippen LogP contribution in [0.3, 0.4) is 0 Å². The molecule has 4 heterocycles. The van der Waals surface area contributed by atoms with Crippen LogP contribution >= 0.6 is 0 Å². The standard InChI is InChI=1S/C18H20N6O2/c1-22-8-9-23(11-14-4-2-3-7-19-14)12-15(22)17-21-20-16-6-5-13(18(25)26)10-24(16)17/h2-7,10,15H,8-9,11-12H2,1H3,(H,25,26). The zero-order valence-corrected chi connectivity index (χ0v) is 14.5. The molecule has 134 valence electrons. The van der Waals surface area contributed by atoms with Crippen LogP contribution in [-0.4, -0.2) is 67.1 Å². The van der Waals surface area contributed by atoms with Gasteiger partial charge < -0.3 is 5.11 Å². The molecule has 3 aromatic heterocycles. The quantitative estimate of drug-likeness (QED) is 0.757. The molecule has 0 radical (unpaired) electrons.